The zero-order valence-electron chi connectivity index (χ0n) is 13.8. The Kier molecular flexibility index (Phi) is 5.63. The summed E-state index contributed by atoms with van der Waals surface area (Å²) in [6.07, 6.45) is 2.54. The van der Waals surface area contributed by atoms with E-state index in [-0.39, 0.29) is 5.82 Å². The number of hydrogen-bond acceptors (Lipinski definition) is 2. The van der Waals surface area contributed by atoms with E-state index in [0.29, 0.717) is 17.9 Å². The van der Waals surface area contributed by atoms with Crippen LogP contribution in [0.5, 0.6) is 0 Å². The maximum atomic E-state index is 13.5. The minimum Gasteiger partial charge on any atom is -0.371 e. The van der Waals surface area contributed by atoms with E-state index >= 15 is 0 Å². The molecule has 3 heteroatoms. The number of hydrogen-bond donors (Lipinski definition) is 1. The first-order chi connectivity index (χ1) is 10.0. The number of anilines is 1. The molecule has 0 aromatic heterocycles. The average molecular weight is 292 g/mol. The van der Waals surface area contributed by atoms with E-state index in [0.717, 1.165) is 24.7 Å². The maximum absolute atomic E-state index is 13.5. The number of nitrogens with one attached hydrogen (secondary N) is 1. The molecule has 0 heterocycles. The molecule has 0 aliphatic heterocycles. The predicted molar refractivity (Wildman–Crippen MR) is 88.2 cm³/mol. The van der Waals surface area contributed by atoms with Gasteiger partial charge in [-0.05, 0) is 62.8 Å². The molecule has 0 bridgehead atoms. The lowest BCUT2D eigenvalue weighted by Gasteiger charge is -2.42. The highest BCUT2D eigenvalue weighted by molar-refractivity contribution is 5.46. The smallest absolute Gasteiger partial charge is 0.125 e. The van der Waals surface area contributed by atoms with E-state index in [1.807, 2.05) is 6.07 Å². The van der Waals surface area contributed by atoms with Gasteiger partial charge in [0.1, 0.15) is 5.82 Å². The maximum Gasteiger partial charge on any atom is 0.125 e. The summed E-state index contributed by atoms with van der Waals surface area (Å²) in [6, 6.07) is 7.53. The topological polar surface area (TPSA) is 15.3 Å². The van der Waals surface area contributed by atoms with E-state index in [1.54, 1.807) is 12.1 Å². The molecule has 1 N–H and O–H groups in total. The Labute approximate surface area is 128 Å². The highest BCUT2D eigenvalue weighted by Crippen LogP contribution is 2.35. The second-order valence-corrected chi connectivity index (χ2v) is 6.63. The average Bonchev–Trinajstić information content (AvgIpc) is 2.45. The standard InChI is InChI=1S/C18H29FN2/c1-5-21(16-8-6-7-15(19)11-16)12-17-14(3)9-13(2)10-18(17)20-4/h6-8,11,13-14,17-18,20H,5,9-10,12H2,1-4H3. The fourth-order valence-corrected chi connectivity index (χ4v) is 3.89. The van der Waals surface area contributed by atoms with Crippen molar-refractivity contribution in [3.05, 3.63) is 30.1 Å². The van der Waals surface area contributed by atoms with E-state index in [4.69, 9.17) is 0 Å². The highest BCUT2D eigenvalue weighted by Gasteiger charge is 2.34. The van der Waals surface area contributed by atoms with Crippen LogP contribution in [0.4, 0.5) is 10.1 Å². The molecule has 1 aromatic carbocycles. The number of halogens is 1. The van der Waals surface area contributed by atoms with Crippen molar-refractivity contribution >= 4 is 5.69 Å². The molecule has 4 unspecified atom stereocenters. The first kappa shape index (κ1) is 16.3. The number of nitrogens with zero attached hydrogens (tertiary/aromatic N) is 1. The zero-order chi connectivity index (χ0) is 15.4. The zero-order valence-corrected chi connectivity index (χ0v) is 13.8. The van der Waals surface area contributed by atoms with Crippen molar-refractivity contribution in [2.45, 2.75) is 39.7 Å². The van der Waals surface area contributed by atoms with Crippen LogP contribution in [0.15, 0.2) is 24.3 Å². The third-order valence-electron chi connectivity index (χ3n) is 5.04. The van der Waals surface area contributed by atoms with Gasteiger partial charge in [0.05, 0.1) is 0 Å². The summed E-state index contributed by atoms with van der Waals surface area (Å²) in [5, 5.41) is 3.51. The number of benzene rings is 1. The molecule has 0 amide bonds. The molecule has 0 saturated heterocycles. The molecule has 1 fully saturated rings. The van der Waals surface area contributed by atoms with Crippen molar-refractivity contribution in [1.29, 1.82) is 0 Å². The van der Waals surface area contributed by atoms with Crippen LogP contribution in [0.3, 0.4) is 0 Å². The molecule has 4 atom stereocenters. The molecule has 21 heavy (non-hydrogen) atoms. The SMILES string of the molecule is CCN(CC1C(C)CC(C)CC1NC)c1cccc(F)c1. The molecule has 2 rings (SSSR count). The molecular weight excluding hydrogens is 263 g/mol. The molecule has 2 nitrogen and oxygen atoms in total. The molecule has 0 spiro atoms. The van der Waals surface area contributed by atoms with Crippen molar-refractivity contribution in [2.75, 3.05) is 25.0 Å². The van der Waals surface area contributed by atoms with Gasteiger partial charge in [-0.3, -0.25) is 0 Å². The van der Waals surface area contributed by atoms with Crippen LogP contribution in [-0.2, 0) is 0 Å². The van der Waals surface area contributed by atoms with Crippen LogP contribution < -0.4 is 10.2 Å². The van der Waals surface area contributed by atoms with Gasteiger partial charge in [-0.1, -0.05) is 19.9 Å². The molecule has 1 aliphatic rings. The van der Waals surface area contributed by atoms with Gasteiger partial charge >= 0.3 is 0 Å². The lowest BCUT2D eigenvalue weighted by atomic mass is 9.72. The summed E-state index contributed by atoms with van der Waals surface area (Å²) in [5.41, 5.74) is 0.998. The van der Waals surface area contributed by atoms with Gasteiger partial charge in [0.15, 0.2) is 0 Å². The molecule has 0 radical (unpaired) electrons. The Morgan fingerprint density at radius 3 is 2.67 bits per heavy atom. The molecule has 118 valence electrons. The van der Waals surface area contributed by atoms with Gasteiger partial charge in [0.25, 0.3) is 0 Å². The van der Waals surface area contributed by atoms with Gasteiger partial charge in [-0.15, -0.1) is 0 Å². The summed E-state index contributed by atoms with van der Waals surface area (Å²) in [7, 11) is 2.07. The molecule has 1 aromatic rings. The fraction of sp³-hybridized carbons (Fsp3) is 0.667. The van der Waals surface area contributed by atoms with Crippen molar-refractivity contribution in [2.24, 2.45) is 17.8 Å². The molecule has 1 aliphatic carbocycles. The van der Waals surface area contributed by atoms with Crippen molar-refractivity contribution in [3.8, 4) is 0 Å². The normalized spacial score (nSPS) is 29.4. The summed E-state index contributed by atoms with van der Waals surface area (Å²) in [6.45, 7) is 8.78. The van der Waals surface area contributed by atoms with Crippen LogP contribution in [0.2, 0.25) is 0 Å². The minimum atomic E-state index is -0.151. The van der Waals surface area contributed by atoms with Gasteiger partial charge in [-0.2, -0.15) is 0 Å². The van der Waals surface area contributed by atoms with Gasteiger partial charge in [0, 0.05) is 24.8 Å². The molecule has 1 saturated carbocycles. The Morgan fingerprint density at radius 2 is 2.05 bits per heavy atom. The van der Waals surface area contributed by atoms with E-state index in [9.17, 15) is 4.39 Å². The van der Waals surface area contributed by atoms with E-state index in [1.165, 1.54) is 18.9 Å². The van der Waals surface area contributed by atoms with Crippen molar-refractivity contribution < 1.29 is 4.39 Å². The Hall–Kier alpha value is -1.09. The third-order valence-corrected chi connectivity index (χ3v) is 5.04. The van der Waals surface area contributed by atoms with E-state index < -0.39 is 0 Å². The minimum absolute atomic E-state index is 0.151. The first-order valence-electron chi connectivity index (χ1n) is 8.22. The first-order valence-corrected chi connectivity index (χ1v) is 8.22. The predicted octanol–water partition coefficient (Wildman–Crippen LogP) is 3.92. The van der Waals surface area contributed by atoms with Gasteiger partial charge in [0.2, 0.25) is 0 Å². The Bertz CT molecular complexity index is 449. The largest absolute Gasteiger partial charge is 0.371 e. The van der Waals surface area contributed by atoms with Gasteiger partial charge < -0.3 is 10.2 Å². The van der Waals surface area contributed by atoms with Crippen LogP contribution in [-0.4, -0.2) is 26.2 Å². The Balaban J connectivity index is 2.13. The Morgan fingerprint density at radius 1 is 1.29 bits per heavy atom. The number of rotatable bonds is 5. The highest BCUT2D eigenvalue weighted by atomic mass is 19.1. The second-order valence-electron chi connectivity index (χ2n) is 6.63. The van der Waals surface area contributed by atoms with Crippen molar-refractivity contribution in [3.63, 3.8) is 0 Å². The van der Waals surface area contributed by atoms with Crippen molar-refractivity contribution in [1.82, 2.24) is 5.32 Å². The van der Waals surface area contributed by atoms with Crippen LogP contribution in [0, 0.1) is 23.6 Å². The summed E-state index contributed by atoms with van der Waals surface area (Å²) in [4.78, 5) is 2.31. The molecular formula is C18H29FN2. The lowest BCUT2D eigenvalue weighted by Crippen LogP contribution is -2.48. The quantitative estimate of drug-likeness (QED) is 0.885. The lowest BCUT2D eigenvalue weighted by molar-refractivity contribution is 0.158. The summed E-state index contributed by atoms with van der Waals surface area (Å²) >= 11 is 0. The van der Waals surface area contributed by atoms with Crippen LogP contribution in [0.25, 0.3) is 0 Å². The fourth-order valence-electron chi connectivity index (χ4n) is 3.89. The third kappa shape index (κ3) is 3.97. The van der Waals surface area contributed by atoms with Gasteiger partial charge in [-0.25, -0.2) is 4.39 Å². The van der Waals surface area contributed by atoms with Crippen LogP contribution in [0.1, 0.15) is 33.6 Å². The second kappa shape index (κ2) is 7.26. The summed E-state index contributed by atoms with van der Waals surface area (Å²) in [5.74, 6) is 1.96. The monoisotopic (exact) mass is 292 g/mol. The van der Waals surface area contributed by atoms with Crippen LogP contribution >= 0.6 is 0 Å². The summed E-state index contributed by atoms with van der Waals surface area (Å²) < 4.78 is 13.5. The van der Waals surface area contributed by atoms with E-state index in [2.05, 4.69) is 38.0 Å².